The summed E-state index contributed by atoms with van der Waals surface area (Å²) < 4.78 is 0. The molecule has 3 N–H and O–H groups in total. The van der Waals surface area contributed by atoms with Crippen LogP contribution in [0.15, 0.2) is 91.0 Å². The third kappa shape index (κ3) is 4.79. The molecule has 6 nitrogen and oxygen atoms in total. The molecule has 1 unspecified atom stereocenters. The number of nitrogens with one attached hydrogen (secondary N) is 1. The van der Waals surface area contributed by atoms with Crippen LogP contribution in [0.5, 0.6) is 0 Å². The van der Waals surface area contributed by atoms with Crippen molar-refractivity contribution in [1.82, 2.24) is 15.1 Å². The molecule has 0 aliphatic carbocycles. The Hall–Kier alpha value is -3.48. The zero-order valence-corrected chi connectivity index (χ0v) is 20.6. The van der Waals surface area contributed by atoms with Crippen LogP contribution < -0.4 is 11.1 Å². The molecule has 0 saturated carbocycles. The van der Waals surface area contributed by atoms with Crippen molar-refractivity contribution >= 4 is 11.8 Å². The maximum atomic E-state index is 14.0. The Bertz CT molecular complexity index is 1120. The Morgan fingerprint density at radius 1 is 0.861 bits per heavy atom. The highest BCUT2D eigenvalue weighted by atomic mass is 16.2. The van der Waals surface area contributed by atoms with Gasteiger partial charge in [-0.2, -0.15) is 0 Å². The van der Waals surface area contributed by atoms with Crippen molar-refractivity contribution in [3.05, 3.63) is 108 Å². The first kappa shape index (κ1) is 24.2. The summed E-state index contributed by atoms with van der Waals surface area (Å²) in [6.45, 7) is 2.04. The van der Waals surface area contributed by atoms with Crippen molar-refractivity contribution in [2.45, 2.75) is 37.5 Å². The fraction of sp³-hybridized carbons (Fsp3) is 0.333. The van der Waals surface area contributed by atoms with E-state index in [0.717, 1.165) is 43.5 Å². The van der Waals surface area contributed by atoms with Crippen molar-refractivity contribution in [2.75, 3.05) is 19.6 Å². The van der Waals surface area contributed by atoms with E-state index >= 15 is 0 Å². The molecule has 2 aliphatic heterocycles. The summed E-state index contributed by atoms with van der Waals surface area (Å²) in [7, 11) is 0. The van der Waals surface area contributed by atoms with Crippen LogP contribution in [0, 0.1) is 5.92 Å². The highest BCUT2D eigenvalue weighted by molar-refractivity contribution is 5.93. The summed E-state index contributed by atoms with van der Waals surface area (Å²) in [4.78, 5) is 30.5. The smallest absolute Gasteiger partial charge is 0.254 e. The molecule has 2 fully saturated rings. The highest BCUT2D eigenvalue weighted by Gasteiger charge is 2.52. The van der Waals surface area contributed by atoms with Gasteiger partial charge in [0.15, 0.2) is 5.54 Å². The summed E-state index contributed by atoms with van der Waals surface area (Å²) in [6.07, 6.45) is 2.46. The van der Waals surface area contributed by atoms with Crippen LogP contribution in [-0.2, 0) is 21.5 Å². The Morgan fingerprint density at radius 2 is 1.39 bits per heavy atom. The van der Waals surface area contributed by atoms with E-state index in [0.29, 0.717) is 18.9 Å². The molecule has 2 amide bonds. The summed E-state index contributed by atoms with van der Waals surface area (Å²) in [5.41, 5.74) is 8.50. The SMILES string of the molecule is NC1NC(c2ccccc2)(c2ccccc2)C(=O)N1CC1CCN(C(=O)CCc2ccccc2)CC1. The van der Waals surface area contributed by atoms with Crippen LogP contribution in [0.2, 0.25) is 0 Å². The summed E-state index contributed by atoms with van der Waals surface area (Å²) in [5, 5.41) is 3.44. The molecule has 2 aliphatic rings. The lowest BCUT2D eigenvalue weighted by Gasteiger charge is -2.35. The topological polar surface area (TPSA) is 78.7 Å². The molecule has 0 bridgehead atoms. The van der Waals surface area contributed by atoms with Crippen molar-refractivity contribution in [3.63, 3.8) is 0 Å². The van der Waals surface area contributed by atoms with Crippen LogP contribution in [0.25, 0.3) is 0 Å². The molecule has 36 heavy (non-hydrogen) atoms. The zero-order valence-electron chi connectivity index (χ0n) is 20.6. The highest BCUT2D eigenvalue weighted by Crippen LogP contribution is 2.37. The predicted molar refractivity (Wildman–Crippen MR) is 141 cm³/mol. The average molecular weight is 483 g/mol. The third-order valence-electron chi connectivity index (χ3n) is 7.59. The Labute approximate surface area is 213 Å². The monoisotopic (exact) mass is 482 g/mol. The minimum absolute atomic E-state index is 0.0197. The van der Waals surface area contributed by atoms with Gasteiger partial charge < -0.3 is 9.80 Å². The van der Waals surface area contributed by atoms with Crippen LogP contribution in [0.4, 0.5) is 0 Å². The first-order valence-electron chi connectivity index (χ1n) is 12.8. The molecule has 2 heterocycles. The Morgan fingerprint density at radius 3 is 1.94 bits per heavy atom. The number of hydrogen-bond acceptors (Lipinski definition) is 4. The van der Waals surface area contributed by atoms with Crippen molar-refractivity contribution < 1.29 is 9.59 Å². The van der Waals surface area contributed by atoms with E-state index in [1.165, 1.54) is 5.56 Å². The summed E-state index contributed by atoms with van der Waals surface area (Å²) in [5.74, 6) is 0.496. The molecule has 6 heteroatoms. The van der Waals surface area contributed by atoms with Gasteiger partial charge in [0.2, 0.25) is 5.91 Å². The maximum Gasteiger partial charge on any atom is 0.254 e. The quantitative estimate of drug-likeness (QED) is 0.541. The molecule has 2 saturated heterocycles. The Balaban J connectivity index is 1.24. The number of piperidine rings is 1. The van der Waals surface area contributed by atoms with Crippen LogP contribution in [0.3, 0.4) is 0 Å². The van der Waals surface area contributed by atoms with Crippen molar-refractivity contribution in [1.29, 1.82) is 0 Å². The number of carbonyl (C=O) groups excluding carboxylic acids is 2. The number of benzene rings is 3. The van der Waals surface area contributed by atoms with Gasteiger partial charge in [-0.05, 0) is 41.9 Å². The number of nitrogens with two attached hydrogens (primary N) is 1. The minimum atomic E-state index is -1.00. The standard InChI is InChI=1S/C30H34N4O2/c31-29-32-30(25-12-6-2-7-13-25,26-14-8-3-9-15-26)28(36)34(29)22-24-18-20-33(21-19-24)27(35)17-16-23-10-4-1-5-11-23/h1-15,24,29,32H,16-22,31H2. The minimum Gasteiger partial charge on any atom is -0.343 e. The van der Waals surface area contributed by atoms with Crippen LogP contribution in [-0.4, -0.2) is 47.5 Å². The van der Waals surface area contributed by atoms with E-state index < -0.39 is 11.8 Å². The van der Waals surface area contributed by atoms with Gasteiger partial charge in [-0.1, -0.05) is 91.0 Å². The van der Waals surface area contributed by atoms with E-state index in [9.17, 15) is 9.59 Å². The van der Waals surface area contributed by atoms with Crippen LogP contribution >= 0.6 is 0 Å². The number of rotatable bonds is 7. The second-order valence-corrected chi connectivity index (χ2v) is 9.84. The van der Waals surface area contributed by atoms with Gasteiger partial charge in [-0.25, -0.2) is 0 Å². The van der Waals surface area contributed by atoms with Gasteiger partial charge in [0.25, 0.3) is 5.91 Å². The third-order valence-corrected chi connectivity index (χ3v) is 7.59. The molecule has 3 aromatic carbocycles. The van der Waals surface area contributed by atoms with E-state index in [-0.39, 0.29) is 11.8 Å². The fourth-order valence-corrected chi connectivity index (χ4v) is 5.55. The van der Waals surface area contributed by atoms with Crippen LogP contribution in [0.1, 0.15) is 36.0 Å². The predicted octanol–water partition coefficient (Wildman–Crippen LogP) is 3.48. The molecule has 0 radical (unpaired) electrons. The number of amides is 2. The van der Waals surface area contributed by atoms with E-state index in [4.69, 9.17) is 5.73 Å². The molecule has 186 valence electrons. The molecular formula is C30H34N4O2. The van der Waals surface area contributed by atoms with Gasteiger partial charge in [0.05, 0.1) is 0 Å². The largest absolute Gasteiger partial charge is 0.343 e. The zero-order chi connectivity index (χ0) is 25.0. The van der Waals surface area contributed by atoms with Gasteiger partial charge in [-0.3, -0.25) is 20.6 Å². The van der Waals surface area contributed by atoms with Gasteiger partial charge >= 0.3 is 0 Å². The van der Waals surface area contributed by atoms with Crippen molar-refractivity contribution in [3.8, 4) is 0 Å². The molecule has 3 aromatic rings. The van der Waals surface area contributed by atoms with Gasteiger partial charge in [0, 0.05) is 26.1 Å². The van der Waals surface area contributed by atoms with E-state index in [2.05, 4.69) is 17.4 Å². The summed E-state index contributed by atoms with van der Waals surface area (Å²) in [6, 6.07) is 29.8. The Kier molecular flexibility index (Phi) is 7.16. The number of likely N-dealkylation sites (tertiary alicyclic amines) is 1. The first-order chi connectivity index (χ1) is 17.6. The lowest BCUT2D eigenvalue weighted by atomic mass is 9.82. The molecule has 1 atom stereocenters. The lowest BCUT2D eigenvalue weighted by Crippen LogP contribution is -2.49. The molecule has 5 rings (SSSR count). The van der Waals surface area contributed by atoms with E-state index in [1.54, 1.807) is 4.90 Å². The van der Waals surface area contributed by atoms with Gasteiger partial charge in [0.1, 0.15) is 6.29 Å². The van der Waals surface area contributed by atoms with E-state index in [1.807, 2.05) is 83.8 Å². The second-order valence-electron chi connectivity index (χ2n) is 9.84. The van der Waals surface area contributed by atoms with Crippen molar-refractivity contribution in [2.24, 2.45) is 11.7 Å². The number of aryl methyl sites for hydroxylation is 1. The number of carbonyl (C=O) groups is 2. The molecular weight excluding hydrogens is 448 g/mol. The van der Waals surface area contributed by atoms with Gasteiger partial charge in [-0.15, -0.1) is 0 Å². The second kappa shape index (κ2) is 10.6. The summed E-state index contributed by atoms with van der Waals surface area (Å²) >= 11 is 0. The number of hydrogen-bond donors (Lipinski definition) is 2. The maximum absolute atomic E-state index is 14.0. The lowest BCUT2D eigenvalue weighted by molar-refractivity contribution is -0.135. The normalized spacial score (nSPS) is 20.0. The first-order valence-corrected chi connectivity index (χ1v) is 12.8. The number of nitrogens with zero attached hydrogens (tertiary/aromatic N) is 2. The molecule has 0 spiro atoms. The average Bonchev–Trinajstić information content (AvgIpc) is 3.19. The molecule has 0 aromatic heterocycles. The fourth-order valence-electron chi connectivity index (χ4n) is 5.55.